The number of benzene rings is 1. The third-order valence-corrected chi connectivity index (χ3v) is 1.26. The Hall–Kier alpha value is -1.71. The molecular weight excluding hydrogens is 158 g/mol. The van der Waals surface area contributed by atoms with Crippen LogP contribution in [0.4, 0.5) is 5.69 Å². The number of anilines is 1. The molecular formula is C8H9NO3. The fraction of sp³-hybridized carbons (Fsp3) is 0.125. The molecule has 0 amide bonds. The van der Waals surface area contributed by atoms with Gasteiger partial charge in [0.25, 0.3) is 0 Å². The van der Waals surface area contributed by atoms with Crippen LogP contribution in [0.1, 0.15) is 6.92 Å². The normalized spacial score (nSPS) is 9.42. The molecule has 0 heterocycles. The molecule has 3 N–H and O–H groups in total. The van der Waals surface area contributed by atoms with E-state index >= 15 is 0 Å². The fourth-order valence-electron chi connectivity index (χ4n) is 0.762. The maximum atomic E-state index is 10.5. The van der Waals surface area contributed by atoms with Gasteiger partial charge in [-0.15, -0.1) is 0 Å². The van der Waals surface area contributed by atoms with E-state index < -0.39 is 5.97 Å². The van der Waals surface area contributed by atoms with E-state index in [1.165, 1.54) is 25.1 Å². The third kappa shape index (κ3) is 1.88. The van der Waals surface area contributed by atoms with Gasteiger partial charge in [-0.2, -0.15) is 0 Å². The third-order valence-electron chi connectivity index (χ3n) is 1.26. The maximum Gasteiger partial charge on any atom is 0.308 e. The topological polar surface area (TPSA) is 72.5 Å². The molecule has 0 aliphatic carbocycles. The molecule has 0 bridgehead atoms. The lowest BCUT2D eigenvalue weighted by Gasteiger charge is -2.02. The number of phenolic OH excluding ortho intramolecular Hbond substituents is 1. The minimum atomic E-state index is -0.417. The summed E-state index contributed by atoms with van der Waals surface area (Å²) in [6, 6.07) is 4.22. The van der Waals surface area contributed by atoms with Gasteiger partial charge in [0.05, 0.1) is 5.69 Å². The summed E-state index contributed by atoms with van der Waals surface area (Å²) in [6.45, 7) is 1.29. The van der Waals surface area contributed by atoms with E-state index in [2.05, 4.69) is 0 Å². The van der Waals surface area contributed by atoms with Crippen LogP contribution in [0, 0.1) is 0 Å². The Morgan fingerprint density at radius 3 is 2.75 bits per heavy atom. The SMILES string of the molecule is CC(=O)Oc1ccc(O)c(N)c1. The zero-order chi connectivity index (χ0) is 9.14. The van der Waals surface area contributed by atoms with Crippen LogP contribution in [-0.4, -0.2) is 11.1 Å². The van der Waals surface area contributed by atoms with E-state index in [1.54, 1.807) is 0 Å². The highest BCUT2D eigenvalue weighted by Gasteiger charge is 2.01. The lowest BCUT2D eigenvalue weighted by Crippen LogP contribution is -2.01. The van der Waals surface area contributed by atoms with Crippen molar-refractivity contribution in [3.05, 3.63) is 18.2 Å². The van der Waals surface area contributed by atoms with Crippen LogP contribution in [0.5, 0.6) is 11.5 Å². The lowest BCUT2D eigenvalue weighted by molar-refractivity contribution is -0.131. The van der Waals surface area contributed by atoms with Crippen molar-refractivity contribution in [2.24, 2.45) is 0 Å². The molecule has 0 aromatic heterocycles. The first-order valence-electron chi connectivity index (χ1n) is 3.36. The molecule has 1 aromatic carbocycles. The van der Waals surface area contributed by atoms with Crippen LogP contribution in [-0.2, 0) is 4.79 Å². The number of rotatable bonds is 1. The van der Waals surface area contributed by atoms with Crippen molar-refractivity contribution in [2.75, 3.05) is 5.73 Å². The van der Waals surface area contributed by atoms with Crippen molar-refractivity contribution < 1.29 is 14.6 Å². The van der Waals surface area contributed by atoms with Crippen molar-refractivity contribution in [2.45, 2.75) is 6.92 Å². The average Bonchev–Trinajstić information content (AvgIpc) is 1.96. The van der Waals surface area contributed by atoms with Gasteiger partial charge in [0.1, 0.15) is 11.5 Å². The van der Waals surface area contributed by atoms with Crippen LogP contribution >= 0.6 is 0 Å². The monoisotopic (exact) mass is 167 g/mol. The Labute approximate surface area is 69.6 Å². The molecule has 0 saturated heterocycles. The van der Waals surface area contributed by atoms with Crippen LogP contribution in [0.25, 0.3) is 0 Å². The van der Waals surface area contributed by atoms with Crippen LogP contribution in [0.2, 0.25) is 0 Å². The fourth-order valence-corrected chi connectivity index (χ4v) is 0.762. The van der Waals surface area contributed by atoms with Gasteiger partial charge in [-0.25, -0.2) is 0 Å². The molecule has 4 nitrogen and oxygen atoms in total. The van der Waals surface area contributed by atoms with Gasteiger partial charge < -0.3 is 15.6 Å². The van der Waals surface area contributed by atoms with Gasteiger partial charge in [-0.3, -0.25) is 4.79 Å². The molecule has 0 radical (unpaired) electrons. The van der Waals surface area contributed by atoms with E-state index in [0.29, 0.717) is 5.75 Å². The van der Waals surface area contributed by atoms with Crippen LogP contribution in [0.15, 0.2) is 18.2 Å². The number of nitrogen functional groups attached to an aromatic ring is 1. The minimum absolute atomic E-state index is 0.0223. The van der Waals surface area contributed by atoms with Gasteiger partial charge >= 0.3 is 5.97 Å². The van der Waals surface area contributed by atoms with Gasteiger partial charge in [0, 0.05) is 13.0 Å². The van der Waals surface area contributed by atoms with Crippen LogP contribution in [0.3, 0.4) is 0 Å². The van der Waals surface area contributed by atoms with E-state index in [-0.39, 0.29) is 11.4 Å². The molecule has 12 heavy (non-hydrogen) atoms. The summed E-state index contributed by atoms with van der Waals surface area (Å²) in [7, 11) is 0. The molecule has 1 rings (SSSR count). The molecule has 0 atom stereocenters. The van der Waals surface area contributed by atoms with Crippen LogP contribution < -0.4 is 10.5 Å². The summed E-state index contributed by atoms with van der Waals surface area (Å²) in [5.41, 5.74) is 5.54. The highest BCUT2D eigenvalue weighted by molar-refractivity contribution is 5.70. The number of carbonyl (C=O) groups excluding carboxylic acids is 1. The number of phenols is 1. The molecule has 0 spiro atoms. The second-order valence-corrected chi connectivity index (χ2v) is 2.31. The van der Waals surface area contributed by atoms with E-state index in [0.717, 1.165) is 0 Å². The highest BCUT2D eigenvalue weighted by Crippen LogP contribution is 2.24. The van der Waals surface area contributed by atoms with Crippen molar-refractivity contribution >= 4 is 11.7 Å². The van der Waals surface area contributed by atoms with E-state index in [9.17, 15) is 4.79 Å². The Kier molecular flexibility index (Phi) is 2.19. The Morgan fingerprint density at radius 1 is 1.58 bits per heavy atom. The summed E-state index contributed by atoms with van der Waals surface area (Å²) in [6.07, 6.45) is 0. The first kappa shape index (κ1) is 8.39. The average molecular weight is 167 g/mol. The number of carbonyl (C=O) groups is 1. The van der Waals surface area contributed by atoms with Crippen molar-refractivity contribution in [1.29, 1.82) is 0 Å². The predicted molar refractivity (Wildman–Crippen MR) is 43.8 cm³/mol. The van der Waals surface area contributed by atoms with E-state index in [4.69, 9.17) is 15.6 Å². The summed E-state index contributed by atoms with van der Waals surface area (Å²) < 4.78 is 4.72. The largest absolute Gasteiger partial charge is 0.506 e. The minimum Gasteiger partial charge on any atom is -0.506 e. The molecule has 0 saturated carbocycles. The Balaban J connectivity index is 2.89. The summed E-state index contributed by atoms with van der Waals surface area (Å²) in [5, 5.41) is 9.01. The number of aromatic hydroxyl groups is 1. The van der Waals surface area contributed by atoms with Gasteiger partial charge in [-0.1, -0.05) is 0 Å². The molecule has 64 valence electrons. The predicted octanol–water partition coefficient (Wildman–Crippen LogP) is 0.900. The van der Waals surface area contributed by atoms with Gasteiger partial charge in [0.15, 0.2) is 0 Å². The standard InChI is InChI=1S/C8H9NO3/c1-5(10)12-6-2-3-8(11)7(9)4-6/h2-4,11H,9H2,1H3. The second kappa shape index (κ2) is 3.13. The number of hydrogen-bond acceptors (Lipinski definition) is 4. The van der Waals surface area contributed by atoms with Crippen molar-refractivity contribution in [3.63, 3.8) is 0 Å². The lowest BCUT2D eigenvalue weighted by atomic mass is 10.3. The smallest absolute Gasteiger partial charge is 0.308 e. The Morgan fingerprint density at radius 2 is 2.25 bits per heavy atom. The molecule has 4 heteroatoms. The Bertz CT molecular complexity index is 309. The van der Waals surface area contributed by atoms with Gasteiger partial charge in [0.2, 0.25) is 0 Å². The zero-order valence-corrected chi connectivity index (χ0v) is 6.57. The maximum absolute atomic E-state index is 10.5. The second-order valence-electron chi connectivity index (χ2n) is 2.31. The summed E-state index contributed by atoms with van der Waals surface area (Å²) in [5.74, 6) is -0.108. The number of ether oxygens (including phenoxy) is 1. The molecule has 0 unspecified atom stereocenters. The highest BCUT2D eigenvalue weighted by atomic mass is 16.5. The zero-order valence-electron chi connectivity index (χ0n) is 6.57. The van der Waals surface area contributed by atoms with Crippen molar-refractivity contribution in [1.82, 2.24) is 0 Å². The summed E-state index contributed by atoms with van der Waals surface area (Å²) >= 11 is 0. The van der Waals surface area contributed by atoms with E-state index in [1.807, 2.05) is 0 Å². The number of hydrogen-bond donors (Lipinski definition) is 2. The first-order valence-corrected chi connectivity index (χ1v) is 3.36. The first-order chi connectivity index (χ1) is 5.59. The summed E-state index contributed by atoms with van der Waals surface area (Å²) in [4.78, 5) is 10.5. The van der Waals surface area contributed by atoms with Gasteiger partial charge in [-0.05, 0) is 12.1 Å². The van der Waals surface area contributed by atoms with Crippen molar-refractivity contribution in [3.8, 4) is 11.5 Å². The number of esters is 1. The molecule has 0 aliphatic rings. The number of nitrogens with two attached hydrogens (primary N) is 1. The quantitative estimate of drug-likeness (QED) is 0.282. The molecule has 0 fully saturated rings. The molecule has 0 aliphatic heterocycles. The molecule has 1 aromatic rings.